The van der Waals surface area contributed by atoms with Crippen LogP contribution in [0, 0.1) is 5.82 Å². The molecule has 0 aliphatic heterocycles. The molecule has 0 radical (unpaired) electrons. The summed E-state index contributed by atoms with van der Waals surface area (Å²) in [6.45, 7) is 0.489. The Morgan fingerprint density at radius 1 is 1.09 bits per heavy atom. The van der Waals surface area contributed by atoms with Crippen LogP contribution < -0.4 is 5.30 Å². The van der Waals surface area contributed by atoms with E-state index in [1.807, 2.05) is 23.1 Å². The summed E-state index contributed by atoms with van der Waals surface area (Å²) in [5.41, 5.74) is 3.23. The maximum Gasteiger partial charge on any atom is 0.266 e. The minimum Gasteiger partial charge on any atom is -0.331 e. The molecule has 2 aromatic heterocycles. The van der Waals surface area contributed by atoms with Crippen LogP contribution in [0.5, 0.6) is 0 Å². The lowest BCUT2D eigenvalue weighted by atomic mass is 9.93. The average Bonchev–Trinajstić information content (AvgIpc) is 3.24. The van der Waals surface area contributed by atoms with Crippen LogP contribution in [0.2, 0.25) is 5.02 Å². The van der Waals surface area contributed by atoms with Crippen molar-refractivity contribution in [3.8, 4) is 11.1 Å². The quantitative estimate of drug-likeness (QED) is 0.265. The number of benzene rings is 2. The molecule has 1 atom stereocenters. The van der Waals surface area contributed by atoms with Crippen molar-refractivity contribution in [2.24, 2.45) is 0 Å². The smallest absolute Gasteiger partial charge is 0.266 e. The molecule has 1 unspecified atom stereocenters. The molecule has 1 aliphatic carbocycles. The van der Waals surface area contributed by atoms with E-state index in [-0.39, 0.29) is 17.0 Å². The minimum absolute atomic E-state index is 0.115. The number of fused-ring (bicyclic) bond motifs is 1. The fraction of sp³-hybridized carbons (Fsp3) is 0.259. The number of aromatic nitrogens is 1. The van der Waals surface area contributed by atoms with E-state index in [9.17, 15) is 9.18 Å². The van der Waals surface area contributed by atoms with E-state index in [1.165, 1.54) is 23.8 Å². The maximum atomic E-state index is 14.6. The summed E-state index contributed by atoms with van der Waals surface area (Å²) in [5.74, 6) is -0.507. The van der Waals surface area contributed by atoms with Crippen LogP contribution in [-0.2, 0) is 6.54 Å². The van der Waals surface area contributed by atoms with Gasteiger partial charge in [0.25, 0.3) is 5.91 Å². The third-order valence-electron chi connectivity index (χ3n) is 6.52. The molecule has 3 nitrogen and oxygen atoms in total. The number of hydrogen-bond acceptors (Lipinski definition) is 3. The molecule has 174 valence electrons. The SMILES string of the molecule is O=C(c1sc2c(P)ccc(F)c2c1Cl)N(Cc1cccc(-c2ccncc2)c1)C1CCCCC1. The molecule has 4 aromatic rings. The summed E-state index contributed by atoms with van der Waals surface area (Å²) >= 11 is 7.91. The van der Waals surface area contributed by atoms with Gasteiger partial charge in [-0.05, 0) is 59.1 Å². The second-order valence-electron chi connectivity index (χ2n) is 8.75. The molecule has 1 aliphatic rings. The number of carbonyl (C=O) groups is 1. The third-order valence-corrected chi connectivity index (χ3v) is 8.93. The summed E-state index contributed by atoms with van der Waals surface area (Å²) in [5, 5.41) is 1.40. The van der Waals surface area contributed by atoms with E-state index >= 15 is 0 Å². The van der Waals surface area contributed by atoms with Gasteiger partial charge >= 0.3 is 0 Å². The molecule has 0 spiro atoms. The predicted molar refractivity (Wildman–Crippen MR) is 143 cm³/mol. The Hall–Kier alpha value is -2.33. The van der Waals surface area contributed by atoms with Gasteiger partial charge in [0.1, 0.15) is 10.7 Å². The Balaban J connectivity index is 1.52. The molecular weight excluding hydrogens is 486 g/mol. The van der Waals surface area contributed by atoms with Crippen LogP contribution in [0.3, 0.4) is 0 Å². The zero-order valence-corrected chi connectivity index (χ0v) is 21.4. The van der Waals surface area contributed by atoms with Gasteiger partial charge in [0.15, 0.2) is 0 Å². The second-order valence-corrected chi connectivity index (χ2v) is 10.8. The summed E-state index contributed by atoms with van der Waals surface area (Å²) in [7, 11) is 2.62. The van der Waals surface area contributed by atoms with Gasteiger partial charge in [-0.25, -0.2) is 4.39 Å². The highest BCUT2D eigenvalue weighted by Crippen LogP contribution is 2.39. The van der Waals surface area contributed by atoms with Gasteiger partial charge in [-0.3, -0.25) is 9.78 Å². The summed E-state index contributed by atoms with van der Waals surface area (Å²) in [4.78, 5) is 20.4. The van der Waals surface area contributed by atoms with Gasteiger partial charge in [0, 0.05) is 35.1 Å². The number of pyridine rings is 1. The third kappa shape index (κ3) is 4.62. The first kappa shape index (κ1) is 23.4. The van der Waals surface area contributed by atoms with E-state index in [0.717, 1.165) is 47.7 Å². The molecule has 7 heteroatoms. The number of amides is 1. The van der Waals surface area contributed by atoms with E-state index in [4.69, 9.17) is 11.6 Å². The number of halogens is 2. The molecule has 2 aromatic carbocycles. The molecule has 1 saturated carbocycles. The van der Waals surface area contributed by atoms with Gasteiger partial charge in [-0.15, -0.1) is 20.6 Å². The number of carbonyl (C=O) groups excluding carboxylic acids is 1. The average molecular weight is 511 g/mol. The van der Waals surface area contributed by atoms with Gasteiger partial charge < -0.3 is 4.90 Å². The Morgan fingerprint density at radius 2 is 1.85 bits per heavy atom. The number of thiophene rings is 1. The van der Waals surface area contributed by atoms with Crippen molar-refractivity contribution in [3.63, 3.8) is 0 Å². The Kier molecular flexibility index (Phi) is 6.96. The standard InChI is InChI=1S/C27H25ClFN2OPS/c28-24-23-21(29)9-10-22(33)25(23)34-26(24)27(32)31(20-7-2-1-3-8-20)16-17-5-4-6-19(15-17)18-11-13-30-14-12-18/h4-6,9-15,20H,1-3,7-8,16,33H2. The van der Waals surface area contributed by atoms with Crippen molar-refractivity contribution in [1.29, 1.82) is 0 Å². The van der Waals surface area contributed by atoms with Crippen molar-refractivity contribution >= 4 is 53.5 Å². The van der Waals surface area contributed by atoms with Crippen molar-refractivity contribution in [3.05, 3.63) is 82.2 Å². The van der Waals surface area contributed by atoms with Gasteiger partial charge in [-0.1, -0.05) is 55.1 Å². The van der Waals surface area contributed by atoms with Crippen LogP contribution in [0.15, 0.2) is 60.9 Å². The lowest BCUT2D eigenvalue weighted by Gasteiger charge is -2.34. The van der Waals surface area contributed by atoms with Gasteiger partial charge in [0.2, 0.25) is 0 Å². The van der Waals surface area contributed by atoms with Crippen molar-refractivity contribution in [2.75, 3.05) is 0 Å². The fourth-order valence-electron chi connectivity index (χ4n) is 4.77. The second kappa shape index (κ2) is 10.1. The summed E-state index contributed by atoms with van der Waals surface area (Å²) in [6.07, 6.45) is 8.92. The molecular formula is C27H25ClFN2OPS. The zero-order valence-electron chi connectivity index (χ0n) is 18.6. The highest BCUT2D eigenvalue weighted by Gasteiger charge is 2.30. The first-order valence-corrected chi connectivity index (χ1v) is 13.3. The Bertz CT molecular complexity index is 1340. The highest BCUT2D eigenvalue weighted by molar-refractivity contribution is 7.33. The molecule has 1 amide bonds. The molecule has 2 heterocycles. The number of hydrogen-bond donors (Lipinski definition) is 0. The molecule has 0 saturated heterocycles. The molecule has 34 heavy (non-hydrogen) atoms. The highest BCUT2D eigenvalue weighted by atomic mass is 35.5. The van der Waals surface area contributed by atoms with Gasteiger partial charge in [-0.2, -0.15) is 0 Å². The van der Waals surface area contributed by atoms with E-state index in [0.29, 0.717) is 21.5 Å². The lowest BCUT2D eigenvalue weighted by Crippen LogP contribution is -2.40. The van der Waals surface area contributed by atoms with Crippen LogP contribution in [-0.4, -0.2) is 21.8 Å². The van der Waals surface area contributed by atoms with E-state index in [1.54, 1.807) is 18.5 Å². The van der Waals surface area contributed by atoms with E-state index in [2.05, 4.69) is 32.4 Å². The number of nitrogens with zero attached hydrogens (tertiary/aromatic N) is 2. The molecule has 0 bridgehead atoms. The molecule has 0 N–H and O–H groups in total. The van der Waals surface area contributed by atoms with Gasteiger partial charge in [0.05, 0.1) is 5.02 Å². The van der Waals surface area contributed by atoms with E-state index < -0.39 is 5.82 Å². The first-order valence-electron chi connectivity index (χ1n) is 11.5. The zero-order chi connectivity index (χ0) is 23.7. The normalized spacial score (nSPS) is 14.4. The van der Waals surface area contributed by atoms with Crippen LogP contribution in [0.4, 0.5) is 4.39 Å². The summed E-state index contributed by atoms with van der Waals surface area (Å²) < 4.78 is 15.3. The maximum absolute atomic E-state index is 14.6. The Labute approximate surface area is 210 Å². The predicted octanol–water partition coefficient (Wildman–Crippen LogP) is 7.23. The Morgan fingerprint density at radius 3 is 2.59 bits per heavy atom. The fourth-order valence-corrected chi connectivity index (χ4v) is 6.71. The van der Waals surface area contributed by atoms with Crippen LogP contribution in [0.25, 0.3) is 21.2 Å². The van der Waals surface area contributed by atoms with Crippen LogP contribution >= 0.6 is 32.2 Å². The molecule has 1 fully saturated rings. The summed E-state index contributed by atoms with van der Waals surface area (Å²) in [6, 6.07) is 15.5. The molecule has 5 rings (SSSR count). The monoisotopic (exact) mass is 510 g/mol. The van der Waals surface area contributed by atoms with Crippen LogP contribution in [0.1, 0.15) is 47.3 Å². The lowest BCUT2D eigenvalue weighted by molar-refractivity contribution is 0.0619. The minimum atomic E-state index is -0.393. The van der Waals surface area contributed by atoms with Crippen molar-refractivity contribution < 1.29 is 9.18 Å². The van der Waals surface area contributed by atoms with Crippen molar-refractivity contribution in [2.45, 2.75) is 44.7 Å². The van der Waals surface area contributed by atoms with Crippen molar-refractivity contribution in [1.82, 2.24) is 9.88 Å². The topological polar surface area (TPSA) is 33.2 Å². The largest absolute Gasteiger partial charge is 0.331 e. The first-order chi connectivity index (χ1) is 16.5. The number of rotatable bonds is 5.